The Morgan fingerprint density at radius 3 is 2.48 bits per heavy atom. The lowest BCUT2D eigenvalue weighted by Gasteiger charge is -2.08. The van der Waals surface area contributed by atoms with Crippen LogP contribution in [0.3, 0.4) is 0 Å². The van der Waals surface area contributed by atoms with Gasteiger partial charge in [0.1, 0.15) is 16.9 Å². The number of rotatable bonds is 4. The van der Waals surface area contributed by atoms with Crippen LogP contribution < -0.4 is 15.6 Å². The summed E-state index contributed by atoms with van der Waals surface area (Å²) < 4.78 is 11.9. The predicted molar refractivity (Wildman–Crippen MR) is 117 cm³/mol. The minimum atomic E-state index is -0.310. The molecule has 0 spiro atoms. The Morgan fingerprint density at radius 2 is 1.72 bits per heavy atom. The lowest BCUT2D eigenvalue weighted by atomic mass is 10.1. The van der Waals surface area contributed by atoms with Crippen molar-refractivity contribution in [3.63, 3.8) is 0 Å². The van der Waals surface area contributed by atoms with Gasteiger partial charge in [0.05, 0.1) is 12.8 Å². The van der Waals surface area contributed by atoms with Gasteiger partial charge in [-0.1, -0.05) is 30.3 Å². The van der Waals surface area contributed by atoms with Crippen molar-refractivity contribution in [3.8, 4) is 5.75 Å². The van der Waals surface area contributed by atoms with Gasteiger partial charge in [0.25, 0.3) is 5.91 Å². The maximum absolute atomic E-state index is 13.0. The molecule has 1 heterocycles. The Kier molecular flexibility index (Phi) is 5.44. The molecule has 1 aromatic heterocycles. The van der Waals surface area contributed by atoms with E-state index in [4.69, 9.17) is 9.15 Å². The number of halogens is 1. The van der Waals surface area contributed by atoms with E-state index in [-0.39, 0.29) is 11.5 Å². The molecule has 0 aliphatic carbocycles. The van der Waals surface area contributed by atoms with Crippen molar-refractivity contribution in [1.29, 1.82) is 0 Å². The molecule has 0 fully saturated rings. The number of fused-ring (bicyclic) bond motifs is 1. The number of carbonyl (C=O) groups excluding carboxylic acids is 1. The first-order valence-electron chi connectivity index (χ1n) is 8.91. The van der Waals surface area contributed by atoms with Crippen LogP contribution in [-0.4, -0.2) is 13.0 Å². The van der Waals surface area contributed by atoms with Crippen LogP contribution in [0.5, 0.6) is 5.75 Å². The van der Waals surface area contributed by atoms with Gasteiger partial charge in [-0.15, -0.1) is 0 Å². The summed E-state index contributed by atoms with van der Waals surface area (Å²) in [5, 5.41) is 3.71. The van der Waals surface area contributed by atoms with Gasteiger partial charge < -0.3 is 14.5 Å². The van der Waals surface area contributed by atoms with E-state index in [2.05, 4.69) is 26.2 Å². The van der Waals surface area contributed by atoms with Crippen molar-refractivity contribution in [2.24, 2.45) is 4.99 Å². The topological polar surface area (TPSA) is 63.8 Å². The summed E-state index contributed by atoms with van der Waals surface area (Å²) in [5.74, 6) is 0.406. The molecule has 0 atom stereocenters. The number of nitrogens with one attached hydrogen (secondary N) is 1. The van der Waals surface area contributed by atoms with Crippen LogP contribution >= 0.6 is 15.9 Å². The third-order valence-electron chi connectivity index (χ3n) is 4.32. The first-order chi connectivity index (χ1) is 14.1. The maximum atomic E-state index is 13.0. The second-order valence-electron chi connectivity index (χ2n) is 6.25. The highest BCUT2D eigenvalue weighted by molar-refractivity contribution is 9.10. The van der Waals surface area contributed by atoms with E-state index in [0.29, 0.717) is 28.3 Å². The van der Waals surface area contributed by atoms with Crippen molar-refractivity contribution in [3.05, 3.63) is 94.5 Å². The van der Waals surface area contributed by atoms with Crippen molar-refractivity contribution < 1.29 is 13.9 Å². The van der Waals surface area contributed by atoms with Gasteiger partial charge in [-0.2, -0.15) is 0 Å². The highest BCUT2D eigenvalue weighted by Crippen LogP contribution is 2.24. The molecule has 6 heteroatoms. The fourth-order valence-electron chi connectivity index (χ4n) is 2.84. The Morgan fingerprint density at radius 1 is 1.00 bits per heavy atom. The summed E-state index contributed by atoms with van der Waals surface area (Å²) in [6.45, 7) is 0. The van der Waals surface area contributed by atoms with Crippen LogP contribution in [0.15, 0.2) is 92.7 Å². The number of hydrogen-bond acceptors (Lipinski definition) is 4. The molecule has 0 aliphatic heterocycles. The van der Waals surface area contributed by atoms with E-state index in [9.17, 15) is 4.79 Å². The quantitative estimate of drug-likeness (QED) is 0.436. The van der Waals surface area contributed by atoms with Crippen molar-refractivity contribution >= 4 is 44.2 Å². The van der Waals surface area contributed by atoms with Crippen LogP contribution in [0.1, 0.15) is 10.4 Å². The smallest absolute Gasteiger partial charge is 0.261 e. The Hall–Kier alpha value is -3.38. The molecule has 0 aliphatic rings. The second kappa shape index (κ2) is 8.32. The number of para-hydroxylation sites is 2. The van der Waals surface area contributed by atoms with E-state index in [0.717, 1.165) is 9.86 Å². The van der Waals surface area contributed by atoms with Crippen LogP contribution in [0, 0.1) is 0 Å². The molecule has 0 bridgehead atoms. The normalized spacial score (nSPS) is 11.4. The molecule has 0 saturated carbocycles. The highest BCUT2D eigenvalue weighted by atomic mass is 79.9. The maximum Gasteiger partial charge on any atom is 0.261 e. The lowest BCUT2D eigenvalue weighted by molar-refractivity contribution is 0.102. The summed E-state index contributed by atoms with van der Waals surface area (Å²) in [6.07, 6.45) is 0. The molecule has 0 radical (unpaired) electrons. The molecule has 0 unspecified atom stereocenters. The summed E-state index contributed by atoms with van der Waals surface area (Å²) in [6, 6.07) is 23.9. The first kappa shape index (κ1) is 19.0. The lowest BCUT2D eigenvalue weighted by Crippen LogP contribution is -2.21. The molecule has 1 N–H and O–H groups in total. The van der Waals surface area contributed by atoms with Crippen LogP contribution in [0.2, 0.25) is 0 Å². The van der Waals surface area contributed by atoms with Gasteiger partial charge in [0.2, 0.25) is 5.55 Å². The predicted octanol–water partition coefficient (Wildman–Crippen LogP) is 5.69. The number of ether oxygens (including phenoxy) is 1. The summed E-state index contributed by atoms with van der Waals surface area (Å²) in [5.41, 5.74) is 2.55. The minimum Gasteiger partial charge on any atom is -0.497 e. The number of amides is 1. The Bertz CT molecular complexity index is 1250. The van der Waals surface area contributed by atoms with Gasteiger partial charge in [-0.25, -0.2) is 4.99 Å². The number of carbonyl (C=O) groups is 1. The summed E-state index contributed by atoms with van der Waals surface area (Å²) in [4.78, 5) is 17.6. The fourth-order valence-corrected chi connectivity index (χ4v) is 3.21. The van der Waals surface area contributed by atoms with Crippen LogP contribution in [-0.2, 0) is 0 Å². The Balaban J connectivity index is 1.81. The van der Waals surface area contributed by atoms with E-state index in [1.807, 2.05) is 48.5 Å². The summed E-state index contributed by atoms with van der Waals surface area (Å²) in [7, 11) is 1.60. The van der Waals surface area contributed by atoms with Crippen molar-refractivity contribution in [2.75, 3.05) is 12.4 Å². The highest BCUT2D eigenvalue weighted by Gasteiger charge is 2.13. The first-order valence-corrected chi connectivity index (χ1v) is 9.71. The minimum absolute atomic E-state index is 0.238. The monoisotopic (exact) mass is 448 g/mol. The molecule has 4 rings (SSSR count). The van der Waals surface area contributed by atoms with Gasteiger partial charge in [0.15, 0.2) is 0 Å². The standard InChI is InChI=1S/C23H17BrN2O3/c1-28-17-12-10-16(11-13-17)25-22(27)18-14-15-6-2-5-9-21(15)29-23(18)26-20-8-4-3-7-19(20)24/h2-14H,1H3,(H,25,27). The zero-order valence-electron chi connectivity index (χ0n) is 15.6. The van der Waals surface area contributed by atoms with Crippen molar-refractivity contribution in [1.82, 2.24) is 0 Å². The number of hydrogen-bond donors (Lipinski definition) is 1. The molecule has 144 valence electrons. The number of anilines is 1. The van der Waals surface area contributed by atoms with E-state index in [1.165, 1.54) is 0 Å². The third-order valence-corrected chi connectivity index (χ3v) is 4.99. The van der Waals surface area contributed by atoms with E-state index in [1.54, 1.807) is 37.4 Å². The van der Waals surface area contributed by atoms with Crippen LogP contribution in [0.25, 0.3) is 11.0 Å². The van der Waals surface area contributed by atoms with Gasteiger partial charge in [-0.05, 0) is 64.5 Å². The zero-order chi connectivity index (χ0) is 20.2. The van der Waals surface area contributed by atoms with E-state index < -0.39 is 0 Å². The third kappa shape index (κ3) is 4.22. The van der Waals surface area contributed by atoms with Gasteiger partial charge in [-0.3, -0.25) is 4.79 Å². The Labute approximate surface area is 175 Å². The number of methoxy groups -OCH3 is 1. The molecule has 29 heavy (non-hydrogen) atoms. The molecule has 1 amide bonds. The van der Waals surface area contributed by atoms with Crippen molar-refractivity contribution in [2.45, 2.75) is 0 Å². The molecule has 5 nitrogen and oxygen atoms in total. The molecule has 0 saturated heterocycles. The zero-order valence-corrected chi connectivity index (χ0v) is 17.1. The van der Waals surface area contributed by atoms with Gasteiger partial charge >= 0.3 is 0 Å². The molecular weight excluding hydrogens is 432 g/mol. The van der Waals surface area contributed by atoms with Crippen LogP contribution in [0.4, 0.5) is 11.4 Å². The largest absolute Gasteiger partial charge is 0.497 e. The molecular formula is C23H17BrN2O3. The van der Waals surface area contributed by atoms with E-state index >= 15 is 0 Å². The summed E-state index contributed by atoms with van der Waals surface area (Å²) >= 11 is 3.48. The molecule has 4 aromatic rings. The fraction of sp³-hybridized carbons (Fsp3) is 0.0435. The number of benzene rings is 3. The van der Waals surface area contributed by atoms with Gasteiger partial charge in [0, 0.05) is 15.5 Å². The second-order valence-corrected chi connectivity index (χ2v) is 7.10. The SMILES string of the molecule is COc1ccc(NC(=O)c2cc3ccccc3oc2=Nc2ccccc2Br)cc1. The average molecular weight is 449 g/mol. The number of nitrogens with zero attached hydrogens (tertiary/aromatic N) is 1. The average Bonchev–Trinajstić information content (AvgIpc) is 2.75. The molecule has 3 aromatic carbocycles.